The maximum atomic E-state index is 12.6. The second kappa shape index (κ2) is 5.66. The lowest BCUT2D eigenvalue weighted by molar-refractivity contribution is -0.125. The zero-order valence-electron chi connectivity index (χ0n) is 12.3. The van der Waals surface area contributed by atoms with Gasteiger partial charge in [0.05, 0.1) is 13.2 Å². The molecule has 3 heteroatoms. The lowest BCUT2D eigenvalue weighted by Crippen LogP contribution is -2.55. The Morgan fingerprint density at radius 3 is 2.65 bits per heavy atom. The van der Waals surface area contributed by atoms with Crippen molar-refractivity contribution in [2.45, 2.75) is 45.2 Å². The molecule has 2 aliphatic heterocycles. The molecular formula is C17H23NO2. The van der Waals surface area contributed by atoms with Crippen molar-refractivity contribution in [1.82, 2.24) is 5.32 Å². The number of rotatable bonds is 3. The molecule has 0 saturated carbocycles. The van der Waals surface area contributed by atoms with Gasteiger partial charge in [0.1, 0.15) is 5.78 Å². The van der Waals surface area contributed by atoms with Gasteiger partial charge in [-0.1, -0.05) is 18.2 Å². The first-order chi connectivity index (χ1) is 9.63. The summed E-state index contributed by atoms with van der Waals surface area (Å²) >= 11 is 0. The minimum absolute atomic E-state index is 0.204. The van der Waals surface area contributed by atoms with E-state index in [4.69, 9.17) is 4.74 Å². The number of nitrogens with one attached hydrogen (secondary N) is 1. The standard InChI is InChI=1S/C17H23NO2/c1-11-4-3-5-13(12(11)2)8-17(19)14-6-15-9-20-10-16(7-14)18-15/h3-5,14-16,18H,6-10H2,1-2H3. The number of morpholine rings is 1. The van der Waals surface area contributed by atoms with Crippen LogP contribution in [0.5, 0.6) is 0 Å². The van der Waals surface area contributed by atoms with Crippen LogP contribution >= 0.6 is 0 Å². The maximum absolute atomic E-state index is 12.6. The molecule has 0 radical (unpaired) electrons. The second-order valence-corrected chi connectivity index (χ2v) is 6.27. The van der Waals surface area contributed by atoms with Gasteiger partial charge < -0.3 is 10.1 Å². The summed E-state index contributed by atoms with van der Waals surface area (Å²) in [6.07, 6.45) is 2.44. The minimum Gasteiger partial charge on any atom is -0.378 e. The van der Waals surface area contributed by atoms with Gasteiger partial charge in [-0.2, -0.15) is 0 Å². The van der Waals surface area contributed by atoms with Crippen molar-refractivity contribution >= 4 is 5.78 Å². The number of benzene rings is 1. The van der Waals surface area contributed by atoms with Crippen LogP contribution in [0, 0.1) is 19.8 Å². The van der Waals surface area contributed by atoms with Crippen LogP contribution in [0.3, 0.4) is 0 Å². The van der Waals surface area contributed by atoms with Crippen molar-refractivity contribution in [1.29, 1.82) is 0 Å². The van der Waals surface area contributed by atoms with Gasteiger partial charge in [0.25, 0.3) is 0 Å². The Kier molecular flexibility index (Phi) is 3.90. The molecule has 0 spiro atoms. The predicted octanol–water partition coefficient (Wildman–Crippen LogP) is 2.18. The molecule has 2 saturated heterocycles. The summed E-state index contributed by atoms with van der Waals surface area (Å²) in [5.74, 6) is 0.604. The number of carbonyl (C=O) groups is 1. The summed E-state index contributed by atoms with van der Waals surface area (Å²) in [5.41, 5.74) is 3.72. The highest BCUT2D eigenvalue weighted by atomic mass is 16.5. The highest BCUT2D eigenvalue weighted by molar-refractivity contribution is 5.83. The molecule has 3 rings (SSSR count). The van der Waals surface area contributed by atoms with Crippen molar-refractivity contribution in [2.24, 2.45) is 5.92 Å². The number of Topliss-reactive ketones (excluding diaryl/α,β-unsaturated/α-hetero) is 1. The Labute approximate surface area is 120 Å². The molecule has 0 aliphatic carbocycles. The molecule has 0 amide bonds. The van der Waals surface area contributed by atoms with Crippen molar-refractivity contribution < 1.29 is 9.53 Å². The van der Waals surface area contributed by atoms with Crippen LogP contribution < -0.4 is 5.32 Å². The first-order valence-corrected chi connectivity index (χ1v) is 7.55. The van der Waals surface area contributed by atoms with E-state index in [2.05, 4.69) is 37.4 Å². The van der Waals surface area contributed by atoms with Gasteiger partial charge in [-0.25, -0.2) is 0 Å². The molecule has 3 nitrogen and oxygen atoms in total. The Morgan fingerprint density at radius 2 is 1.95 bits per heavy atom. The van der Waals surface area contributed by atoms with E-state index >= 15 is 0 Å². The van der Waals surface area contributed by atoms with Crippen molar-refractivity contribution in [2.75, 3.05) is 13.2 Å². The van der Waals surface area contributed by atoms with Crippen LogP contribution in [0.15, 0.2) is 18.2 Å². The topological polar surface area (TPSA) is 38.3 Å². The first kappa shape index (κ1) is 13.8. The third-order valence-corrected chi connectivity index (χ3v) is 4.78. The summed E-state index contributed by atoms with van der Waals surface area (Å²) in [7, 11) is 0. The fourth-order valence-corrected chi connectivity index (χ4v) is 3.44. The van der Waals surface area contributed by atoms with Crippen LogP contribution in [0.2, 0.25) is 0 Å². The van der Waals surface area contributed by atoms with Crippen LogP contribution in [-0.2, 0) is 16.0 Å². The molecule has 2 unspecified atom stereocenters. The van der Waals surface area contributed by atoms with E-state index in [1.54, 1.807) is 0 Å². The largest absolute Gasteiger partial charge is 0.378 e. The van der Waals surface area contributed by atoms with Crippen molar-refractivity contribution in [3.63, 3.8) is 0 Å². The molecular weight excluding hydrogens is 250 g/mol. The second-order valence-electron chi connectivity index (χ2n) is 6.27. The molecule has 2 heterocycles. The predicted molar refractivity (Wildman–Crippen MR) is 78.9 cm³/mol. The molecule has 1 N–H and O–H groups in total. The summed E-state index contributed by atoms with van der Waals surface area (Å²) in [4.78, 5) is 12.6. The quantitative estimate of drug-likeness (QED) is 0.917. The number of hydrogen-bond donors (Lipinski definition) is 1. The van der Waals surface area contributed by atoms with Crippen LogP contribution in [0.25, 0.3) is 0 Å². The van der Waals surface area contributed by atoms with Gasteiger partial charge >= 0.3 is 0 Å². The fraction of sp³-hybridized carbons (Fsp3) is 0.588. The lowest BCUT2D eigenvalue weighted by Gasteiger charge is -2.39. The molecule has 2 bridgehead atoms. The lowest BCUT2D eigenvalue weighted by atomic mass is 9.82. The van der Waals surface area contributed by atoms with Crippen LogP contribution in [0.4, 0.5) is 0 Å². The monoisotopic (exact) mass is 273 g/mol. The van der Waals surface area contributed by atoms with Gasteiger partial charge in [-0.3, -0.25) is 4.79 Å². The van der Waals surface area contributed by atoms with E-state index < -0.39 is 0 Å². The molecule has 2 fully saturated rings. The average Bonchev–Trinajstić information content (AvgIpc) is 2.43. The van der Waals surface area contributed by atoms with Gasteiger partial charge in [-0.15, -0.1) is 0 Å². The van der Waals surface area contributed by atoms with Gasteiger partial charge in [0, 0.05) is 24.4 Å². The highest BCUT2D eigenvalue weighted by Crippen LogP contribution is 2.26. The van der Waals surface area contributed by atoms with E-state index in [9.17, 15) is 4.79 Å². The maximum Gasteiger partial charge on any atom is 0.140 e. The summed E-state index contributed by atoms with van der Waals surface area (Å²) in [5, 5.41) is 3.54. The Morgan fingerprint density at radius 1 is 1.25 bits per heavy atom. The molecule has 1 aromatic carbocycles. The smallest absolute Gasteiger partial charge is 0.140 e. The van der Waals surface area contributed by atoms with Crippen LogP contribution in [-0.4, -0.2) is 31.1 Å². The van der Waals surface area contributed by atoms with E-state index in [1.165, 1.54) is 16.7 Å². The first-order valence-electron chi connectivity index (χ1n) is 7.55. The number of hydrogen-bond acceptors (Lipinski definition) is 3. The summed E-state index contributed by atoms with van der Waals surface area (Å²) in [6.45, 7) is 5.73. The minimum atomic E-state index is 0.204. The van der Waals surface area contributed by atoms with Gasteiger partial charge in [0.2, 0.25) is 0 Å². The van der Waals surface area contributed by atoms with E-state index in [0.29, 0.717) is 24.3 Å². The van der Waals surface area contributed by atoms with Gasteiger partial charge in [-0.05, 0) is 43.4 Å². The van der Waals surface area contributed by atoms with Crippen molar-refractivity contribution in [3.05, 3.63) is 34.9 Å². The molecule has 20 heavy (non-hydrogen) atoms. The SMILES string of the molecule is Cc1cccc(CC(=O)C2CC3COCC(C2)N3)c1C. The highest BCUT2D eigenvalue weighted by Gasteiger charge is 2.35. The number of fused-ring (bicyclic) bond motifs is 2. The summed E-state index contributed by atoms with van der Waals surface area (Å²) < 4.78 is 5.54. The zero-order chi connectivity index (χ0) is 14.1. The zero-order valence-corrected chi connectivity index (χ0v) is 12.3. The average molecular weight is 273 g/mol. The molecule has 2 aliphatic rings. The van der Waals surface area contributed by atoms with E-state index in [1.807, 2.05) is 0 Å². The molecule has 2 atom stereocenters. The Hall–Kier alpha value is -1.19. The normalized spacial score (nSPS) is 29.2. The molecule has 108 valence electrons. The Balaban J connectivity index is 1.68. The number of piperidine rings is 1. The van der Waals surface area contributed by atoms with Crippen molar-refractivity contribution in [3.8, 4) is 0 Å². The van der Waals surface area contributed by atoms with Crippen LogP contribution in [0.1, 0.15) is 29.5 Å². The van der Waals surface area contributed by atoms with E-state index in [0.717, 1.165) is 26.1 Å². The molecule has 1 aromatic rings. The third-order valence-electron chi connectivity index (χ3n) is 4.78. The number of ether oxygens (including phenoxy) is 1. The van der Waals surface area contributed by atoms with E-state index in [-0.39, 0.29) is 5.92 Å². The molecule has 0 aromatic heterocycles. The fourth-order valence-electron chi connectivity index (χ4n) is 3.44. The van der Waals surface area contributed by atoms with Gasteiger partial charge in [0.15, 0.2) is 0 Å². The third kappa shape index (κ3) is 2.79. The Bertz CT molecular complexity index is 500. The number of aryl methyl sites for hydroxylation is 1. The number of ketones is 1. The number of carbonyl (C=O) groups excluding carboxylic acids is 1. The summed E-state index contributed by atoms with van der Waals surface area (Å²) in [6, 6.07) is 6.99.